The molecule has 1 fully saturated rings. The third-order valence-corrected chi connectivity index (χ3v) is 5.63. The fourth-order valence-corrected chi connectivity index (χ4v) is 4.23. The first kappa shape index (κ1) is 19.2. The third-order valence-electron chi connectivity index (χ3n) is 4.44. The first-order chi connectivity index (χ1) is 13.0. The predicted octanol–water partition coefficient (Wildman–Crippen LogP) is 3.70. The Morgan fingerprint density at radius 1 is 1.26 bits per heavy atom. The standard InChI is InChI=1S/C19H22N2O5S/c1-3-25-19(24)14-12(2)15(18(23)21-9-5-4-6-10-21)27-17(14)20-16(22)13-8-7-11-26-13/h7-8,11H,3-6,9-10H2,1-2H3,(H,20,22). The number of carbonyl (C=O) groups excluding carboxylic acids is 3. The molecule has 2 amide bonds. The van der Waals surface area contributed by atoms with Gasteiger partial charge in [-0.15, -0.1) is 11.3 Å². The van der Waals surface area contributed by atoms with Crippen LogP contribution in [0.15, 0.2) is 22.8 Å². The van der Waals surface area contributed by atoms with E-state index in [2.05, 4.69) is 5.32 Å². The van der Waals surface area contributed by atoms with Crippen LogP contribution < -0.4 is 5.32 Å². The summed E-state index contributed by atoms with van der Waals surface area (Å²) in [5.74, 6) is -1.02. The molecular weight excluding hydrogens is 368 g/mol. The number of carbonyl (C=O) groups is 3. The van der Waals surface area contributed by atoms with E-state index in [1.54, 1.807) is 24.8 Å². The Balaban J connectivity index is 1.94. The average molecular weight is 390 g/mol. The number of thiophene rings is 1. The van der Waals surface area contributed by atoms with Crippen LogP contribution in [0.5, 0.6) is 0 Å². The van der Waals surface area contributed by atoms with Gasteiger partial charge < -0.3 is 19.4 Å². The van der Waals surface area contributed by atoms with Gasteiger partial charge in [-0.2, -0.15) is 0 Å². The highest BCUT2D eigenvalue weighted by atomic mass is 32.1. The monoisotopic (exact) mass is 390 g/mol. The number of likely N-dealkylation sites (tertiary alicyclic amines) is 1. The van der Waals surface area contributed by atoms with E-state index in [1.165, 1.54) is 12.3 Å². The summed E-state index contributed by atoms with van der Waals surface area (Å²) in [6.45, 7) is 5.04. The molecule has 0 aliphatic carbocycles. The Labute approximate surface area is 161 Å². The molecule has 2 aromatic heterocycles. The zero-order valence-corrected chi connectivity index (χ0v) is 16.2. The molecule has 0 bridgehead atoms. The van der Waals surface area contributed by atoms with Crippen LogP contribution in [-0.4, -0.2) is 42.4 Å². The Morgan fingerprint density at radius 3 is 2.63 bits per heavy atom. The summed E-state index contributed by atoms with van der Waals surface area (Å²) in [5, 5.41) is 2.98. The van der Waals surface area contributed by atoms with Crippen molar-refractivity contribution in [3.63, 3.8) is 0 Å². The molecule has 1 saturated heterocycles. The number of nitrogens with zero attached hydrogens (tertiary/aromatic N) is 1. The van der Waals surface area contributed by atoms with Gasteiger partial charge in [0.15, 0.2) is 5.76 Å². The minimum absolute atomic E-state index is 0.110. The van der Waals surface area contributed by atoms with Gasteiger partial charge in [0.25, 0.3) is 11.8 Å². The van der Waals surface area contributed by atoms with E-state index in [4.69, 9.17) is 9.15 Å². The van der Waals surface area contributed by atoms with Crippen molar-refractivity contribution >= 4 is 34.1 Å². The molecule has 0 atom stereocenters. The van der Waals surface area contributed by atoms with Crippen molar-refractivity contribution in [1.82, 2.24) is 4.90 Å². The van der Waals surface area contributed by atoms with Crippen molar-refractivity contribution < 1.29 is 23.5 Å². The van der Waals surface area contributed by atoms with Crippen LogP contribution in [0.2, 0.25) is 0 Å². The number of furan rings is 1. The van der Waals surface area contributed by atoms with Crippen LogP contribution >= 0.6 is 11.3 Å². The second-order valence-electron chi connectivity index (χ2n) is 6.27. The molecule has 0 radical (unpaired) electrons. The Morgan fingerprint density at radius 2 is 2.00 bits per heavy atom. The van der Waals surface area contributed by atoms with Crippen molar-refractivity contribution in [3.05, 3.63) is 40.2 Å². The number of anilines is 1. The third kappa shape index (κ3) is 4.05. The summed E-state index contributed by atoms with van der Waals surface area (Å²) in [5.41, 5.74) is 0.755. The van der Waals surface area contributed by atoms with Crippen molar-refractivity contribution in [2.24, 2.45) is 0 Å². The number of rotatable bonds is 5. The maximum atomic E-state index is 12.9. The molecule has 3 heterocycles. The number of nitrogens with one attached hydrogen (secondary N) is 1. The highest BCUT2D eigenvalue weighted by molar-refractivity contribution is 7.18. The van der Waals surface area contributed by atoms with Crippen LogP contribution in [0.3, 0.4) is 0 Å². The summed E-state index contributed by atoms with van der Waals surface area (Å²) in [6.07, 6.45) is 4.46. The quantitative estimate of drug-likeness (QED) is 0.786. The summed E-state index contributed by atoms with van der Waals surface area (Å²) in [7, 11) is 0. The first-order valence-electron chi connectivity index (χ1n) is 8.97. The van der Waals surface area contributed by atoms with Crippen LogP contribution in [0, 0.1) is 6.92 Å². The molecule has 8 heteroatoms. The van der Waals surface area contributed by atoms with Gasteiger partial charge >= 0.3 is 5.97 Å². The van der Waals surface area contributed by atoms with E-state index in [1.807, 2.05) is 0 Å². The van der Waals surface area contributed by atoms with E-state index in [0.717, 1.165) is 30.6 Å². The van der Waals surface area contributed by atoms with Gasteiger partial charge in [0, 0.05) is 13.1 Å². The SMILES string of the molecule is CCOC(=O)c1c(NC(=O)c2ccco2)sc(C(=O)N2CCCCC2)c1C. The van der Waals surface area contributed by atoms with Gasteiger partial charge in [0.1, 0.15) is 5.00 Å². The molecule has 2 aromatic rings. The number of amides is 2. The molecule has 0 aromatic carbocycles. The van der Waals surface area contributed by atoms with Crippen LogP contribution in [-0.2, 0) is 4.74 Å². The van der Waals surface area contributed by atoms with Gasteiger partial charge in [-0.3, -0.25) is 9.59 Å². The summed E-state index contributed by atoms with van der Waals surface area (Å²) in [6, 6.07) is 3.13. The fourth-order valence-electron chi connectivity index (χ4n) is 3.07. The predicted molar refractivity (Wildman–Crippen MR) is 101 cm³/mol. The van der Waals surface area contributed by atoms with Gasteiger partial charge in [0.05, 0.1) is 23.3 Å². The average Bonchev–Trinajstić information content (AvgIpc) is 3.30. The first-order valence-corrected chi connectivity index (χ1v) is 9.79. The lowest BCUT2D eigenvalue weighted by Crippen LogP contribution is -2.35. The highest BCUT2D eigenvalue weighted by Crippen LogP contribution is 2.35. The molecule has 1 aliphatic rings. The largest absolute Gasteiger partial charge is 0.462 e. The lowest BCUT2D eigenvalue weighted by molar-refractivity contribution is 0.0527. The van der Waals surface area contributed by atoms with E-state index in [9.17, 15) is 14.4 Å². The lowest BCUT2D eigenvalue weighted by Gasteiger charge is -2.26. The van der Waals surface area contributed by atoms with Crippen LogP contribution in [0.1, 0.15) is 62.3 Å². The zero-order chi connectivity index (χ0) is 19.4. The van der Waals surface area contributed by atoms with E-state index in [-0.39, 0.29) is 23.8 Å². The fraction of sp³-hybridized carbons (Fsp3) is 0.421. The molecular formula is C19H22N2O5S. The highest BCUT2D eigenvalue weighted by Gasteiger charge is 2.29. The van der Waals surface area contributed by atoms with Crippen LogP contribution in [0.25, 0.3) is 0 Å². The van der Waals surface area contributed by atoms with E-state index < -0.39 is 11.9 Å². The molecule has 27 heavy (non-hydrogen) atoms. The number of piperidine rings is 1. The molecule has 0 unspecified atom stereocenters. The van der Waals surface area contributed by atoms with Gasteiger partial charge in [-0.25, -0.2) is 4.79 Å². The zero-order valence-electron chi connectivity index (χ0n) is 15.4. The number of hydrogen-bond acceptors (Lipinski definition) is 6. The minimum atomic E-state index is -0.557. The maximum Gasteiger partial charge on any atom is 0.341 e. The van der Waals surface area contributed by atoms with Crippen molar-refractivity contribution in [2.75, 3.05) is 25.0 Å². The Hall–Kier alpha value is -2.61. The van der Waals surface area contributed by atoms with Gasteiger partial charge in [-0.1, -0.05) is 0 Å². The molecule has 7 nitrogen and oxygen atoms in total. The van der Waals surface area contributed by atoms with Crippen molar-refractivity contribution in [3.8, 4) is 0 Å². The Kier molecular flexibility index (Phi) is 5.95. The van der Waals surface area contributed by atoms with E-state index in [0.29, 0.717) is 28.5 Å². The number of esters is 1. The second-order valence-corrected chi connectivity index (χ2v) is 7.29. The normalized spacial score (nSPS) is 14.1. The van der Waals surface area contributed by atoms with E-state index >= 15 is 0 Å². The molecule has 1 aliphatic heterocycles. The minimum Gasteiger partial charge on any atom is -0.462 e. The second kappa shape index (κ2) is 8.39. The molecule has 0 saturated carbocycles. The molecule has 0 spiro atoms. The van der Waals surface area contributed by atoms with Crippen LogP contribution in [0.4, 0.5) is 5.00 Å². The topological polar surface area (TPSA) is 88.8 Å². The molecule has 1 N–H and O–H groups in total. The summed E-state index contributed by atoms with van der Waals surface area (Å²) >= 11 is 1.10. The summed E-state index contributed by atoms with van der Waals surface area (Å²) < 4.78 is 10.2. The lowest BCUT2D eigenvalue weighted by atomic mass is 10.1. The smallest absolute Gasteiger partial charge is 0.341 e. The summed E-state index contributed by atoms with van der Waals surface area (Å²) in [4.78, 5) is 40.0. The van der Waals surface area contributed by atoms with Gasteiger partial charge in [0.2, 0.25) is 0 Å². The van der Waals surface area contributed by atoms with Gasteiger partial charge in [-0.05, 0) is 50.8 Å². The number of hydrogen-bond donors (Lipinski definition) is 1. The maximum absolute atomic E-state index is 12.9. The van der Waals surface area contributed by atoms with Crippen molar-refractivity contribution in [1.29, 1.82) is 0 Å². The Bertz CT molecular complexity index is 835. The molecule has 3 rings (SSSR count). The van der Waals surface area contributed by atoms with Crippen molar-refractivity contribution in [2.45, 2.75) is 33.1 Å². The number of ether oxygens (including phenoxy) is 1. The molecule has 144 valence electrons.